The first-order valence-electron chi connectivity index (χ1n) is 6.47. The molecule has 1 fully saturated rings. The minimum atomic E-state index is -0.716. The number of halogens is 1. The number of epoxide rings is 1. The predicted molar refractivity (Wildman–Crippen MR) is 73.1 cm³/mol. The Labute approximate surface area is 120 Å². The molecule has 0 aliphatic carbocycles. The number of hydrogen-bond donors (Lipinski definition) is 1. The van der Waals surface area contributed by atoms with E-state index in [4.69, 9.17) is 9.47 Å². The summed E-state index contributed by atoms with van der Waals surface area (Å²) in [5.74, 6) is -0.615. The predicted octanol–water partition coefficient (Wildman–Crippen LogP) is 3.04. The number of carbonyl (C=O) groups is 1. The maximum absolute atomic E-state index is 13.6. The van der Waals surface area contributed by atoms with Crippen LogP contribution in [0, 0.1) is 5.82 Å². The third kappa shape index (κ3) is 3.55. The van der Waals surface area contributed by atoms with Gasteiger partial charge in [0.05, 0.1) is 24.2 Å². The van der Waals surface area contributed by atoms with Gasteiger partial charge in [0.25, 0.3) is 0 Å². The molecular weight excluding hydrogens is 275 g/mol. The molecule has 6 heteroatoms. The van der Waals surface area contributed by atoms with Crippen LogP contribution in [0.1, 0.15) is 17.4 Å². The maximum Gasteiger partial charge on any atom is 0.412 e. The molecule has 0 saturated carbocycles. The van der Waals surface area contributed by atoms with Gasteiger partial charge in [0, 0.05) is 0 Å². The minimum absolute atomic E-state index is 0.0357. The van der Waals surface area contributed by atoms with Gasteiger partial charge in [-0.25, -0.2) is 9.18 Å². The molecule has 1 aromatic heterocycles. The van der Waals surface area contributed by atoms with E-state index < -0.39 is 11.9 Å². The molecule has 0 bridgehead atoms. The van der Waals surface area contributed by atoms with Crippen molar-refractivity contribution >= 4 is 11.8 Å². The summed E-state index contributed by atoms with van der Waals surface area (Å²) in [6.07, 6.45) is 0.238. The molecule has 1 saturated heterocycles. The summed E-state index contributed by atoms with van der Waals surface area (Å²) in [6.45, 7) is 0.689. The minimum Gasteiger partial charge on any atom is -0.444 e. The fraction of sp³-hybridized carbons (Fsp3) is 0.200. The van der Waals surface area contributed by atoms with Crippen LogP contribution in [-0.2, 0) is 16.1 Å². The summed E-state index contributed by atoms with van der Waals surface area (Å²) in [7, 11) is 0. The molecule has 1 atom stereocenters. The Bertz CT molecular complexity index is 645. The third-order valence-electron chi connectivity index (χ3n) is 2.99. The van der Waals surface area contributed by atoms with E-state index in [1.807, 2.05) is 30.3 Å². The van der Waals surface area contributed by atoms with Crippen molar-refractivity contribution in [3.05, 3.63) is 59.7 Å². The van der Waals surface area contributed by atoms with Crippen molar-refractivity contribution < 1.29 is 18.7 Å². The highest BCUT2D eigenvalue weighted by molar-refractivity contribution is 5.84. The summed E-state index contributed by atoms with van der Waals surface area (Å²) >= 11 is 0. The van der Waals surface area contributed by atoms with E-state index in [-0.39, 0.29) is 18.4 Å². The zero-order valence-corrected chi connectivity index (χ0v) is 11.1. The third-order valence-corrected chi connectivity index (χ3v) is 2.99. The fourth-order valence-corrected chi connectivity index (χ4v) is 1.81. The van der Waals surface area contributed by atoms with E-state index in [1.54, 1.807) is 0 Å². The number of benzene rings is 1. The zero-order chi connectivity index (χ0) is 14.7. The molecule has 21 heavy (non-hydrogen) atoms. The van der Waals surface area contributed by atoms with E-state index in [1.165, 1.54) is 6.07 Å². The van der Waals surface area contributed by atoms with Gasteiger partial charge in [0.15, 0.2) is 5.82 Å². The summed E-state index contributed by atoms with van der Waals surface area (Å²) in [6, 6.07) is 10.7. The molecule has 0 radical (unpaired) electrons. The Balaban J connectivity index is 1.60. The zero-order valence-electron chi connectivity index (χ0n) is 11.1. The number of amides is 1. The second-order valence-electron chi connectivity index (χ2n) is 4.60. The molecule has 1 unspecified atom stereocenters. The number of nitrogens with zero attached hydrogens (tertiary/aromatic N) is 1. The first kappa shape index (κ1) is 13.5. The fourth-order valence-electron chi connectivity index (χ4n) is 1.81. The quantitative estimate of drug-likeness (QED) is 0.878. The van der Waals surface area contributed by atoms with Gasteiger partial charge in [0.2, 0.25) is 0 Å². The Kier molecular flexibility index (Phi) is 3.79. The summed E-state index contributed by atoms with van der Waals surface area (Å²) in [4.78, 5) is 15.6. The number of rotatable bonds is 4. The molecule has 1 aromatic carbocycles. The van der Waals surface area contributed by atoms with Gasteiger partial charge < -0.3 is 9.47 Å². The Morgan fingerprint density at radius 1 is 1.43 bits per heavy atom. The van der Waals surface area contributed by atoms with E-state index in [2.05, 4.69) is 10.3 Å². The summed E-state index contributed by atoms with van der Waals surface area (Å²) < 4.78 is 23.7. The molecular formula is C15H13FN2O3. The molecule has 0 spiro atoms. The van der Waals surface area contributed by atoms with Crippen molar-refractivity contribution in [2.24, 2.45) is 0 Å². The van der Waals surface area contributed by atoms with E-state index >= 15 is 0 Å². The summed E-state index contributed by atoms with van der Waals surface area (Å²) in [5.41, 5.74) is 1.48. The van der Waals surface area contributed by atoms with Gasteiger partial charge in [0.1, 0.15) is 12.7 Å². The summed E-state index contributed by atoms with van der Waals surface area (Å²) in [5, 5.41) is 2.37. The highest BCUT2D eigenvalue weighted by Gasteiger charge is 2.27. The van der Waals surface area contributed by atoms with Crippen molar-refractivity contribution in [1.82, 2.24) is 4.98 Å². The molecule has 1 aliphatic rings. The lowest BCUT2D eigenvalue weighted by Crippen LogP contribution is -2.15. The van der Waals surface area contributed by atoms with Crippen LogP contribution in [0.25, 0.3) is 0 Å². The van der Waals surface area contributed by atoms with Crippen LogP contribution < -0.4 is 5.32 Å². The highest BCUT2D eigenvalue weighted by atomic mass is 19.1. The van der Waals surface area contributed by atoms with Gasteiger partial charge in [-0.1, -0.05) is 30.3 Å². The Morgan fingerprint density at radius 3 is 2.90 bits per heavy atom. The number of hydrogen-bond acceptors (Lipinski definition) is 4. The van der Waals surface area contributed by atoms with Crippen LogP contribution in [0.4, 0.5) is 14.9 Å². The van der Waals surface area contributed by atoms with Gasteiger partial charge in [-0.2, -0.15) is 0 Å². The van der Waals surface area contributed by atoms with E-state index in [9.17, 15) is 9.18 Å². The number of carbonyl (C=O) groups excluding carboxylic acids is 1. The van der Waals surface area contributed by atoms with Gasteiger partial charge in [-0.3, -0.25) is 10.3 Å². The lowest BCUT2D eigenvalue weighted by Gasteiger charge is -2.08. The molecule has 1 aliphatic heterocycles. The normalized spacial score (nSPS) is 16.3. The van der Waals surface area contributed by atoms with E-state index in [0.717, 1.165) is 11.8 Å². The van der Waals surface area contributed by atoms with E-state index in [0.29, 0.717) is 12.3 Å². The van der Waals surface area contributed by atoms with Crippen molar-refractivity contribution in [2.45, 2.75) is 12.7 Å². The largest absolute Gasteiger partial charge is 0.444 e. The topological polar surface area (TPSA) is 63.8 Å². The Morgan fingerprint density at radius 2 is 2.19 bits per heavy atom. The second kappa shape index (κ2) is 5.88. The number of nitrogens with one attached hydrogen (secondary N) is 1. The SMILES string of the molecule is O=C(Nc1cc(C2CO2)ncc1F)OCc1ccccc1. The average molecular weight is 288 g/mol. The molecule has 108 valence electrons. The first-order valence-corrected chi connectivity index (χ1v) is 6.47. The molecule has 2 aromatic rings. The highest BCUT2D eigenvalue weighted by Crippen LogP contribution is 2.30. The molecule has 5 nitrogen and oxygen atoms in total. The number of pyridine rings is 1. The lowest BCUT2D eigenvalue weighted by atomic mass is 10.2. The molecule has 2 heterocycles. The van der Waals surface area contributed by atoms with Gasteiger partial charge in [-0.05, 0) is 11.6 Å². The molecule has 1 amide bonds. The van der Waals surface area contributed by atoms with Crippen LogP contribution in [-0.4, -0.2) is 17.7 Å². The molecule has 1 N–H and O–H groups in total. The smallest absolute Gasteiger partial charge is 0.412 e. The maximum atomic E-state index is 13.6. The van der Waals surface area contributed by atoms with Crippen molar-refractivity contribution in [2.75, 3.05) is 11.9 Å². The van der Waals surface area contributed by atoms with Crippen LogP contribution in [0.5, 0.6) is 0 Å². The van der Waals surface area contributed by atoms with Gasteiger partial charge >= 0.3 is 6.09 Å². The molecule has 3 rings (SSSR count). The van der Waals surface area contributed by atoms with Crippen LogP contribution in [0.15, 0.2) is 42.6 Å². The lowest BCUT2D eigenvalue weighted by molar-refractivity contribution is 0.155. The number of aromatic nitrogens is 1. The van der Waals surface area contributed by atoms with Crippen LogP contribution >= 0.6 is 0 Å². The van der Waals surface area contributed by atoms with Crippen LogP contribution in [0.3, 0.4) is 0 Å². The average Bonchev–Trinajstić information content (AvgIpc) is 3.33. The van der Waals surface area contributed by atoms with Crippen molar-refractivity contribution in [1.29, 1.82) is 0 Å². The number of anilines is 1. The van der Waals surface area contributed by atoms with Crippen molar-refractivity contribution in [3.63, 3.8) is 0 Å². The number of ether oxygens (including phenoxy) is 2. The standard InChI is InChI=1S/C15H13FN2O3/c16-11-7-17-13(14-9-20-14)6-12(11)18-15(19)21-8-10-4-2-1-3-5-10/h1-7,14H,8-9H2,(H,17,18,19). The van der Waals surface area contributed by atoms with Crippen molar-refractivity contribution in [3.8, 4) is 0 Å². The van der Waals surface area contributed by atoms with Crippen LogP contribution in [0.2, 0.25) is 0 Å². The monoisotopic (exact) mass is 288 g/mol. The Hall–Kier alpha value is -2.47. The second-order valence-corrected chi connectivity index (χ2v) is 4.60. The first-order chi connectivity index (χ1) is 10.2. The van der Waals surface area contributed by atoms with Gasteiger partial charge in [-0.15, -0.1) is 0 Å².